The first-order valence-corrected chi connectivity index (χ1v) is 7.79. The van der Waals surface area contributed by atoms with Crippen molar-refractivity contribution in [2.24, 2.45) is 11.7 Å². The van der Waals surface area contributed by atoms with Crippen LogP contribution in [0, 0.1) is 5.92 Å². The summed E-state index contributed by atoms with van der Waals surface area (Å²) in [6.07, 6.45) is 9.27. The molecule has 1 aliphatic carbocycles. The first-order valence-electron chi connectivity index (χ1n) is 7.79. The molecule has 106 valence electrons. The van der Waals surface area contributed by atoms with E-state index in [4.69, 9.17) is 5.73 Å². The number of piperidine rings is 1. The van der Waals surface area contributed by atoms with Crippen LogP contribution in [0.25, 0.3) is 0 Å². The van der Waals surface area contributed by atoms with Gasteiger partial charge in [0, 0.05) is 12.1 Å². The molecule has 2 N–H and O–H groups in total. The van der Waals surface area contributed by atoms with Crippen LogP contribution in [0.4, 0.5) is 0 Å². The largest absolute Gasteiger partial charge is 0.328 e. The van der Waals surface area contributed by atoms with E-state index in [0.717, 1.165) is 12.0 Å². The second kappa shape index (κ2) is 6.88. The van der Waals surface area contributed by atoms with Crippen molar-refractivity contribution in [3.63, 3.8) is 0 Å². The Balaban J connectivity index is 1.63. The van der Waals surface area contributed by atoms with E-state index in [1.165, 1.54) is 64.6 Å². The van der Waals surface area contributed by atoms with Gasteiger partial charge in [0.1, 0.15) is 0 Å². The summed E-state index contributed by atoms with van der Waals surface area (Å²) in [5.41, 5.74) is 5.98. The van der Waals surface area contributed by atoms with Crippen LogP contribution in [0.5, 0.6) is 0 Å². The van der Waals surface area contributed by atoms with Gasteiger partial charge in [0.2, 0.25) is 0 Å². The fourth-order valence-electron chi connectivity index (χ4n) is 3.46. The molecule has 0 amide bonds. The van der Waals surface area contributed by atoms with Crippen molar-refractivity contribution >= 4 is 0 Å². The van der Waals surface area contributed by atoms with Crippen molar-refractivity contribution in [1.29, 1.82) is 0 Å². The molecule has 18 heavy (non-hydrogen) atoms. The van der Waals surface area contributed by atoms with Gasteiger partial charge in [0.05, 0.1) is 0 Å². The monoisotopic (exact) mass is 253 g/mol. The summed E-state index contributed by atoms with van der Waals surface area (Å²) in [6.45, 7) is 3.88. The van der Waals surface area contributed by atoms with Gasteiger partial charge in [0.25, 0.3) is 0 Å². The second-order valence-electron chi connectivity index (χ2n) is 6.58. The summed E-state index contributed by atoms with van der Waals surface area (Å²) < 4.78 is 0. The Kier molecular flexibility index (Phi) is 5.46. The average molecular weight is 253 g/mol. The minimum absolute atomic E-state index is 0.475. The van der Waals surface area contributed by atoms with Gasteiger partial charge in [-0.3, -0.25) is 0 Å². The van der Waals surface area contributed by atoms with E-state index in [2.05, 4.69) is 23.9 Å². The molecule has 0 spiro atoms. The van der Waals surface area contributed by atoms with Crippen molar-refractivity contribution in [2.75, 3.05) is 33.7 Å². The first kappa shape index (κ1) is 14.3. The van der Waals surface area contributed by atoms with E-state index in [1.807, 2.05) is 0 Å². The van der Waals surface area contributed by atoms with Gasteiger partial charge >= 0.3 is 0 Å². The molecule has 0 radical (unpaired) electrons. The van der Waals surface area contributed by atoms with E-state index in [1.54, 1.807) is 0 Å². The number of nitrogens with zero attached hydrogens (tertiary/aromatic N) is 2. The van der Waals surface area contributed by atoms with Crippen molar-refractivity contribution in [3.05, 3.63) is 0 Å². The van der Waals surface area contributed by atoms with Gasteiger partial charge in [0.15, 0.2) is 0 Å². The Hall–Kier alpha value is -0.120. The summed E-state index contributed by atoms with van der Waals surface area (Å²) >= 11 is 0. The number of likely N-dealkylation sites (tertiary alicyclic amines) is 1. The number of hydrogen-bond donors (Lipinski definition) is 1. The summed E-state index contributed by atoms with van der Waals surface area (Å²) in [6, 6.07) is 1.28. The third-order valence-electron chi connectivity index (χ3n) is 5.09. The molecule has 1 heterocycles. The van der Waals surface area contributed by atoms with Crippen LogP contribution in [0.1, 0.15) is 44.9 Å². The smallest absolute Gasteiger partial charge is 0.00933 e. The van der Waals surface area contributed by atoms with Crippen LogP contribution in [0.3, 0.4) is 0 Å². The molecule has 2 rings (SSSR count). The molecule has 1 saturated heterocycles. The lowest BCUT2D eigenvalue weighted by molar-refractivity contribution is 0.153. The van der Waals surface area contributed by atoms with Crippen LogP contribution < -0.4 is 5.73 Å². The second-order valence-corrected chi connectivity index (χ2v) is 6.58. The van der Waals surface area contributed by atoms with Gasteiger partial charge in [-0.1, -0.05) is 0 Å². The lowest BCUT2D eigenvalue weighted by Gasteiger charge is -2.35. The van der Waals surface area contributed by atoms with Gasteiger partial charge < -0.3 is 15.5 Å². The zero-order valence-corrected chi connectivity index (χ0v) is 12.3. The zero-order valence-electron chi connectivity index (χ0n) is 12.3. The van der Waals surface area contributed by atoms with E-state index >= 15 is 0 Å². The number of hydrogen-bond acceptors (Lipinski definition) is 3. The maximum Gasteiger partial charge on any atom is 0.00933 e. The molecule has 3 heteroatoms. The highest BCUT2D eigenvalue weighted by Crippen LogP contribution is 2.24. The normalized spacial score (nSPS) is 32.0. The van der Waals surface area contributed by atoms with Crippen LogP contribution >= 0.6 is 0 Å². The first-order chi connectivity index (χ1) is 8.65. The van der Waals surface area contributed by atoms with Crippen LogP contribution in [-0.4, -0.2) is 55.6 Å². The highest BCUT2D eigenvalue weighted by Gasteiger charge is 2.23. The lowest BCUT2D eigenvalue weighted by Crippen LogP contribution is -2.40. The Morgan fingerprint density at radius 2 is 1.67 bits per heavy atom. The van der Waals surface area contributed by atoms with Crippen molar-refractivity contribution in [2.45, 2.75) is 57.0 Å². The molecule has 0 aromatic heterocycles. The highest BCUT2D eigenvalue weighted by molar-refractivity contribution is 4.80. The summed E-state index contributed by atoms with van der Waals surface area (Å²) in [5, 5.41) is 0. The SMILES string of the molecule is CN1CCC(CCN(C)C2CCC(N)CC2)CC1. The molecule has 0 unspecified atom stereocenters. The molecular formula is C15H31N3. The van der Waals surface area contributed by atoms with Gasteiger partial charge in [-0.15, -0.1) is 0 Å². The van der Waals surface area contributed by atoms with Gasteiger partial charge in [-0.25, -0.2) is 0 Å². The topological polar surface area (TPSA) is 32.5 Å². The molecule has 1 saturated carbocycles. The molecule has 0 atom stereocenters. The molecular weight excluding hydrogens is 222 g/mol. The summed E-state index contributed by atoms with van der Waals surface area (Å²) in [7, 11) is 4.56. The maximum absolute atomic E-state index is 5.98. The van der Waals surface area contributed by atoms with E-state index in [9.17, 15) is 0 Å². The van der Waals surface area contributed by atoms with Crippen LogP contribution in [0.15, 0.2) is 0 Å². The molecule has 3 nitrogen and oxygen atoms in total. The predicted octanol–water partition coefficient (Wildman–Crippen LogP) is 1.92. The fraction of sp³-hybridized carbons (Fsp3) is 1.00. The fourth-order valence-corrected chi connectivity index (χ4v) is 3.46. The van der Waals surface area contributed by atoms with Crippen molar-refractivity contribution in [3.8, 4) is 0 Å². The molecule has 0 aromatic rings. The lowest BCUT2D eigenvalue weighted by atomic mass is 9.90. The average Bonchev–Trinajstić information content (AvgIpc) is 2.38. The minimum atomic E-state index is 0.475. The third-order valence-corrected chi connectivity index (χ3v) is 5.09. The van der Waals surface area contributed by atoms with Gasteiger partial charge in [-0.05, 0) is 84.6 Å². The Morgan fingerprint density at radius 1 is 1.06 bits per heavy atom. The Labute approximate surface area is 113 Å². The zero-order chi connectivity index (χ0) is 13.0. The van der Waals surface area contributed by atoms with Gasteiger partial charge in [-0.2, -0.15) is 0 Å². The van der Waals surface area contributed by atoms with E-state index in [-0.39, 0.29) is 0 Å². The number of rotatable bonds is 4. The molecule has 1 aliphatic heterocycles. The molecule has 2 fully saturated rings. The standard InChI is InChI=1S/C15H31N3/c1-17-10-7-13(8-11-17)9-12-18(2)15-5-3-14(16)4-6-15/h13-15H,3-12,16H2,1-2H3. The highest BCUT2D eigenvalue weighted by atomic mass is 15.1. The summed E-state index contributed by atoms with van der Waals surface area (Å²) in [4.78, 5) is 5.06. The van der Waals surface area contributed by atoms with E-state index < -0.39 is 0 Å². The van der Waals surface area contributed by atoms with Crippen LogP contribution in [-0.2, 0) is 0 Å². The van der Waals surface area contributed by atoms with Crippen molar-refractivity contribution in [1.82, 2.24) is 9.80 Å². The Bertz CT molecular complexity index is 228. The predicted molar refractivity (Wildman–Crippen MR) is 77.7 cm³/mol. The third kappa shape index (κ3) is 4.22. The minimum Gasteiger partial charge on any atom is -0.328 e. The quantitative estimate of drug-likeness (QED) is 0.831. The summed E-state index contributed by atoms with van der Waals surface area (Å²) in [5.74, 6) is 0.967. The van der Waals surface area contributed by atoms with Crippen LogP contribution in [0.2, 0.25) is 0 Å². The maximum atomic E-state index is 5.98. The van der Waals surface area contributed by atoms with E-state index in [0.29, 0.717) is 6.04 Å². The molecule has 2 aliphatic rings. The molecule has 0 aromatic carbocycles. The van der Waals surface area contributed by atoms with Crippen molar-refractivity contribution < 1.29 is 0 Å². The Morgan fingerprint density at radius 3 is 2.28 bits per heavy atom. The molecule has 0 bridgehead atoms. The number of nitrogens with two attached hydrogens (primary N) is 1.